The van der Waals surface area contributed by atoms with Crippen molar-refractivity contribution in [2.75, 3.05) is 9.80 Å². The summed E-state index contributed by atoms with van der Waals surface area (Å²) in [6.45, 7) is 7.39. The van der Waals surface area contributed by atoms with Gasteiger partial charge in [0, 0.05) is 40.9 Å². The number of aryl methyl sites for hydroxylation is 4. The molecule has 56 heavy (non-hydrogen) atoms. The molecule has 4 aliphatic rings. The molecule has 5 aromatic rings. The van der Waals surface area contributed by atoms with Gasteiger partial charge in [0.2, 0.25) is 23.6 Å². The number of halogens is 1. The molecule has 2 aliphatic carbocycles. The monoisotopic (exact) mass is 789 g/mol. The van der Waals surface area contributed by atoms with Gasteiger partial charge >= 0.3 is 0 Å². The number of nitro benzene ring substituents is 1. The van der Waals surface area contributed by atoms with Gasteiger partial charge in [0.25, 0.3) is 5.69 Å². The van der Waals surface area contributed by atoms with Crippen LogP contribution in [-0.4, -0.2) is 43.4 Å². The maximum atomic E-state index is 15.2. The minimum absolute atomic E-state index is 0.132. The number of non-ortho nitro benzene ring substituents is 1. The number of nitro groups is 1. The number of carbonyl (C=O) groups excluding carboxylic acids is 4. The number of fused-ring (bicyclic) bond motifs is 5. The van der Waals surface area contributed by atoms with Gasteiger partial charge in [0.15, 0.2) is 0 Å². The number of allylic oxidation sites excluding steroid dienone is 2. The first-order valence-corrected chi connectivity index (χ1v) is 19.5. The molecule has 0 bridgehead atoms. The van der Waals surface area contributed by atoms with E-state index >= 15 is 4.79 Å². The highest BCUT2D eigenvalue weighted by Crippen LogP contribution is 2.64. The number of rotatable bonds is 5. The molecule has 2 saturated heterocycles. The lowest BCUT2D eigenvalue weighted by Gasteiger charge is -2.49. The molecule has 14 heteroatoms. The molecule has 284 valence electrons. The van der Waals surface area contributed by atoms with Gasteiger partial charge in [-0.2, -0.15) is 5.10 Å². The Morgan fingerprint density at radius 1 is 0.929 bits per heavy atom. The van der Waals surface area contributed by atoms with Crippen molar-refractivity contribution in [3.8, 4) is 16.3 Å². The number of hydrogen-bond donors (Lipinski definition) is 1. The van der Waals surface area contributed by atoms with Crippen molar-refractivity contribution in [3.05, 3.63) is 110 Å². The molecular weight excluding hydrogens is 754 g/mol. The average molecular weight is 790 g/mol. The second-order valence-electron chi connectivity index (χ2n) is 15.7. The quantitative estimate of drug-likeness (QED) is 0.0815. The summed E-state index contributed by atoms with van der Waals surface area (Å²) in [5, 5.41) is 28.5. The van der Waals surface area contributed by atoms with Crippen LogP contribution in [0.25, 0.3) is 20.7 Å². The lowest BCUT2D eigenvalue weighted by molar-refractivity contribution is -0.384. The third-order valence-corrected chi connectivity index (χ3v) is 14.2. The van der Waals surface area contributed by atoms with Gasteiger partial charge in [-0.1, -0.05) is 35.4 Å². The molecule has 4 heterocycles. The summed E-state index contributed by atoms with van der Waals surface area (Å²) >= 11 is 7.87. The van der Waals surface area contributed by atoms with Crippen LogP contribution in [0.1, 0.15) is 47.9 Å². The lowest BCUT2D eigenvalue weighted by Crippen LogP contribution is -2.49. The number of phenolic OH excluding ortho intramolecular Hbond substituents is 1. The van der Waals surface area contributed by atoms with Crippen LogP contribution in [0.15, 0.2) is 72.3 Å². The molecule has 1 N–H and O–H groups in total. The van der Waals surface area contributed by atoms with E-state index in [1.165, 1.54) is 29.2 Å². The highest BCUT2D eigenvalue weighted by atomic mass is 35.5. The minimum Gasteiger partial charge on any atom is -0.507 e. The Morgan fingerprint density at radius 3 is 2.30 bits per heavy atom. The van der Waals surface area contributed by atoms with Gasteiger partial charge in [-0.25, -0.2) is 4.90 Å². The van der Waals surface area contributed by atoms with Crippen molar-refractivity contribution in [1.29, 1.82) is 0 Å². The Balaban J connectivity index is 1.15. The molecule has 2 aliphatic heterocycles. The Bertz CT molecular complexity index is 2620. The van der Waals surface area contributed by atoms with Crippen LogP contribution in [-0.2, 0) is 26.2 Å². The topological polar surface area (TPSA) is 156 Å². The van der Waals surface area contributed by atoms with Gasteiger partial charge in [-0.05, 0) is 104 Å². The van der Waals surface area contributed by atoms with E-state index < -0.39 is 63.6 Å². The summed E-state index contributed by atoms with van der Waals surface area (Å²) in [4.78, 5) is 72.6. The van der Waals surface area contributed by atoms with E-state index in [2.05, 4.69) is 0 Å². The van der Waals surface area contributed by atoms with E-state index in [0.29, 0.717) is 27.7 Å². The summed E-state index contributed by atoms with van der Waals surface area (Å²) in [6.07, 6.45) is 2.37. The molecular formula is C42H36ClN5O7S. The van der Waals surface area contributed by atoms with E-state index in [0.717, 1.165) is 36.6 Å². The number of phenols is 1. The minimum atomic E-state index is -1.29. The third-order valence-electron chi connectivity index (χ3n) is 12.7. The maximum absolute atomic E-state index is 15.2. The zero-order valence-electron chi connectivity index (χ0n) is 31.1. The van der Waals surface area contributed by atoms with Gasteiger partial charge in [-0.15, -0.1) is 11.3 Å². The number of hydrogen-bond acceptors (Lipinski definition) is 9. The van der Waals surface area contributed by atoms with E-state index in [9.17, 15) is 29.6 Å². The molecule has 2 aromatic heterocycles. The molecule has 6 atom stereocenters. The van der Waals surface area contributed by atoms with Crippen molar-refractivity contribution in [2.45, 2.75) is 46.5 Å². The van der Waals surface area contributed by atoms with E-state index in [1.807, 2.05) is 50.3 Å². The molecule has 12 nitrogen and oxygen atoms in total. The van der Waals surface area contributed by atoms with Crippen molar-refractivity contribution >= 4 is 73.8 Å². The highest BCUT2D eigenvalue weighted by molar-refractivity contribution is 7.22. The predicted molar refractivity (Wildman–Crippen MR) is 212 cm³/mol. The smallest absolute Gasteiger partial charge is 0.269 e. The first kappa shape index (κ1) is 36.0. The fourth-order valence-corrected chi connectivity index (χ4v) is 11.3. The second kappa shape index (κ2) is 12.4. The second-order valence-corrected chi connectivity index (χ2v) is 17.1. The SMILES string of the molecule is Cc1cc([C@H]2C3=CC[C@@H]4C(=O)N(c5ccc([N+](=O)[O-])cc5)C(=O)[C@@H]4[C@@H]3C[C@H]3C(=O)N(c4cc(-c5sc6ccc(Cl)cc6c5C)nn4C)C(=O)[C@@]23C)cc(C)c1O. The number of benzene rings is 3. The van der Waals surface area contributed by atoms with Crippen LogP contribution in [0, 0.1) is 60.0 Å². The number of carbonyl (C=O) groups is 4. The van der Waals surface area contributed by atoms with Crippen LogP contribution in [0.4, 0.5) is 17.2 Å². The van der Waals surface area contributed by atoms with Gasteiger partial charge < -0.3 is 5.11 Å². The zero-order valence-corrected chi connectivity index (χ0v) is 32.6. The number of imide groups is 2. The molecule has 9 rings (SSSR count). The van der Waals surface area contributed by atoms with Gasteiger partial charge in [0.1, 0.15) is 17.3 Å². The van der Waals surface area contributed by atoms with Crippen molar-refractivity contribution in [1.82, 2.24) is 9.78 Å². The average Bonchev–Trinajstić information content (AvgIpc) is 3.83. The zero-order chi connectivity index (χ0) is 39.7. The number of thiophene rings is 1. The van der Waals surface area contributed by atoms with E-state index in [-0.39, 0.29) is 30.0 Å². The van der Waals surface area contributed by atoms with E-state index in [1.54, 1.807) is 43.0 Å². The first-order valence-electron chi connectivity index (χ1n) is 18.4. The van der Waals surface area contributed by atoms with Crippen molar-refractivity contribution in [2.24, 2.45) is 36.1 Å². The summed E-state index contributed by atoms with van der Waals surface area (Å²) in [5.74, 6) is -4.78. The van der Waals surface area contributed by atoms with Crippen LogP contribution >= 0.6 is 22.9 Å². The Labute approximate surface area is 330 Å². The molecule has 4 amide bonds. The molecule has 0 unspecified atom stereocenters. The Kier molecular flexibility index (Phi) is 7.99. The van der Waals surface area contributed by atoms with E-state index in [4.69, 9.17) is 16.7 Å². The molecule has 3 aromatic carbocycles. The first-order chi connectivity index (χ1) is 26.6. The fraction of sp³-hybridized carbons (Fsp3) is 0.310. The third kappa shape index (κ3) is 4.92. The molecule has 0 radical (unpaired) electrons. The largest absolute Gasteiger partial charge is 0.507 e. The standard InChI is InChI=1S/C42H36ClN5O7S/c1-19-14-22(15-20(2)36(19)49)35-26-11-12-27-34(40(52)46(38(27)50)24-7-9-25(10-8-24)48(54)55)29(26)17-30-39(51)47(41(53)42(30,35)4)33-18-31(44-45(33)5)37-21(3)28-16-23(43)6-13-32(28)56-37/h6-11,13-16,18,27,29-30,34-35,49H,12,17H2,1-5H3/t27-,29+,30-,34-,35-,42+/m0/s1. The van der Waals surface area contributed by atoms with Crippen LogP contribution in [0.2, 0.25) is 5.02 Å². The summed E-state index contributed by atoms with van der Waals surface area (Å²) in [7, 11) is 1.70. The number of nitrogens with zero attached hydrogens (tertiary/aromatic N) is 5. The fourth-order valence-electron chi connectivity index (χ4n) is 9.96. The van der Waals surface area contributed by atoms with Gasteiger partial charge in [-0.3, -0.25) is 38.9 Å². The number of aromatic nitrogens is 2. The summed E-state index contributed by atoms with van der Waals surface area (Å²) < 4.78 is 2.58. The van der Waals surface area contributed by atoms with Crippen LogP contribution in [0.5, 0.6) is 5.75 Å². The normalized spacial score (nSPS) is 25.8. The van der Waals surface area contributed by atoms with Crippen LogP contribution < -0.4 is 9.80 Å². The lowest BCUT2D eigenvalue weighted by atomic mass is 9.51. The Hall–Kier alpha value is -5.66. The Morgan fingerprint density at radius 2 is 1.62 bits per heavy atom. The summed E-state index contributed by atoms with van der Waals surface area (Å²) in [6, 6.07) is 16.5. The summed E-state index contributed by atoms with van der Waals surface area (Å²) in [5.41, 5.74) is 3.15. The van der Waals surface area contributed by atoms with Crippen molar-refractivity contribution in [3.63, 3.8) is 0 Å². The number of aromatic hydroxyl groups is 1. The highest BCUT2D eigenvalue weighted by Gasteiger charge is 2.68. The number of amides is 4. The molecule has 3 fully saturated rings. The van der Waals surface area contributed by atoms with Gasteiger partial charge in [0.05, 0.1) is 38.7 Å². The van der Waals surface area contributed by atoms with Crippen molar-refractivity contribution < 1.29 is 29.2 Å². The van der Waals surface area contributed by atoms with Crippen LogP contribution in [0.3, 0.4) is 0 Å². The predicted octanol–water partition coefficient (Wildman–Crippen LogP) is 7.93. The number of anilines is 2. The molecule has 1 saturated carbocycles. The maximum Gasteiger partial charge on any atom is 0.269 e. The molecule has 0 spiro atoms.